The lowest BCUT2D eigenvalue weighted by Gasteiger charge is -2.04. The molecule has 7 heteroatoms. The van der Waals surface area contributed by atoms with Gasteiger partial charge in [-0.15, -0.1) is 0 Å². The Morgan fingerprint density at radius 3 is 3.05 bits per heavy atom. The second kappa shape index (κ2) is 4.57. The van der Waals surface area contributed by atoms with Crippen LogP contribution in [-0.4, -0.2) is 31.6 Å². The lowest BCUT2D eigenvalue weighted by Crippen LogP contribution is -2.22. The van der Waals surface area contributed by atoms with Crippen LogP contribution >= 0.6 is 24.4 Å². The lowest BCUT2D eigenvalue weighted by molar-refractivity contribution is 0.0697. The third kappa shape index (κ3) is 2.02. The largest absolute Gasteiger partial charge is 0.478 e. The quantitative estimate of drug-likeness (QED) is 0.649. The summed E-state index contributed by atoms with van der Waals surface area (Å²) in [7, 11) is 0. The van der Waals surface area contributed by atoms with E-state index in [2.05, 4.69) is 17.6 Å². The van der Waals surface area contributed by atoms with Crippen molar-refractivity contribution in [3.05, 3.63) is 34.1 Å². The second-order valence-corrected chi connectivity index (χ2v) is 5.90. The Kier molecular flexibility index (Phi) is 3.02. The van der Waals surface area contributed by atoms with E-state index in [-0.39, 0.29) is 16.4 Å². The number of aromatic nitrogens is 2. The average molecular weight is 294 g/mol. The molecule has 1 aromatic heterocycles. The van der Waals surface area contributed by atoms with E-state index in [1.807, 2.05) is 0 Å². The first-order valence-electron chi connectivity index (χ1n) is 5.65. The van der Waals surface area contributed by atoms with Crippen LogP contribution in [0.25, 0.3) is 10.9 Å². The minimum atomic E-state index is -1.02. The number of benzene rings is 1. The maximum absolute atomic E-state index is 12.3. The summed E-state index contributed by atoms with van der Waals surface area (Å²) in [5.74, 6) is -0.352. The number of fused-ring (bicyclic) bond motifs is 2. The Morgan fingerprint density at radius 2 is 2.37 bits per heavy atom. The Labute approximate surface area is 118 Å². The van der Waals surface area contributed by atoms with Crippen LogP contribution in [0.4, 0.5) is 0 Å². The number of carbonyl (C=O) groups is 1. The van der Waals surface area contributed by atoms with Gasteiger partial charge in [-0.05, 0) is 18.2 Å². The fraction of sp³-hybridized carbons (Fsp3) is 0.250. The molecule has 3 rings (SSSR count). The second-order valence-electron chi connectivity index (χ2n) is 4.27. The first kappa shape index (κ1) is 12.6. The van der Waals surface area contributed by atoms with E-state index in [0.29, 0.717) is 28.4 Å². The predicted octanol–water partition coefficient (Wildman–Crippen LogP) is 1.50. The monoisotopic (exact) mass is 294 g/mol. The molecule has 0 fully saturated rings. The molecule has 19 heavy (non-hydrogen) atoms. The lowest BCUT2D eigenvalue weighted by atomic mass is 10.1. The van der Waals surface area contributed by atoms with E-state index in [9.17, 15) is 9.59 Å². The van der Waals surface area contributed by atoms with Gasteiger partial charge in [0.05, 0.1) is 16.5 Å². The highest BCUT2D eigenvalue weighted by Gasteiger charge is 2.24. The molecule has 1 aliphatic rings. The zero-order chi connectivity index (χ0) is 13.6. The highest BCUT2D eigenvalue weighted by atomic mass is 32.2. The van der Waals surface area contributed by atoms with Crippen molar-refractivity contribution >= 4 is 41.3 Å². The van der Waals surface area contributed by atoms with Crippen molar-refractivity contribution in [2.75, 3.05) is 5.75 Å². The summed E-state index contributed by atoms with van der Waals surface area (Å²) in [5.41, 5.74) is 0.454. The molecule has 0 saturated heterocycles. The maximum Gasteiger partial charge on any atom is 0.335 e. The number of carboxylic acids is 1. The topological polar surface area (TPSA) is 72.2 Å². The smallest absolute Gasteiger partial charge is 0.335 e. The molecule has 1 aromatic carbocycles. The number of hydrogen-bond acceptors (Lipinski definition) is 5. The summed E-state index contributed by atoms with van der Waals surface area (Å²) in [4.78, 5) is 27.6. The molecule has 0 unspecified atom stereocenters. The zero-order valence-electron chi connectivity index (χ0n) is 9.74. The minimum Gasteiger partial charge on any atom is -0.478 e. The fourth-order valence-corrected chi connectivity index (χ4v) is 3.44. The number of carboxylic acid groups (broad SMARTS) is 1. The zero-order valence-corrected chi connectivity index (χ0v) is 11.4. The summed E-state index contributed by atoms with van der Waals surface area (Å²) in [6.45, 7) is 0.603. The molecular weight excluding hydrogens is 284 g/mol. The van der Waals surface area contributed by atoms with Crippen LogP contribution in [0.2, 0.25) is 0 Å². The number of aromatic carboxylic acids is 1. The highest BCUT2D eigenvalue weighted by molar-refractivity contribution is 8.00. The molecule has 0 aliphatic carbocycles. The number of hydrogen-bond donors (Lipinski definition) is 2. The summed E-state index contributed by atoms with van der Waals surface area (Å²) in [5, 5.41) is 10.3. The standard InChI is InChI=1S/C12H10N2O3S2/c15-10-8-2-1-6(11(16)17)3-9(8)13-12-14(10)4-7(5-18)19-12/h1-3,7,18H,4-5H2,(H,16,17)/t7-/m0/s1. The van der Waals surface area contributed by atoms with Crippen LogP contribution in [0.1, 0.15) is 10.4 Å². The van der Waals surface area contributed by atoms with Crippen LogP contribution in [-0.2, 0) is 6.54 Å². The van der Waals surface area contributed by atoms with Gasteiger partial charge in [-0.3, -0.25) is 9.36 Å². The molecule has 0 spiro atoms. The van der Waals surface area contributed by atoms with E-state index in [1.165, 1.54) is 30.0 Å². The molecule has 2 aromatic rings. The molecule has 0 radical (unpaired) electrons. The molecule has 0 bridgehead atoms. The Morgan fingerprint density at radius 1 is 1.58 bits per heavy atom. The number of thioether (sulfide) groups is 1. The summed E-state index contributed by atoms with van der Waals surface area (Å²) in [6.07, 6.45) is 0. The van der Waals surface area contributed by atoms with Crippen LogP contribution in [0.3, 0.4) is 0 Å². The number of thiol groups is 1. The van der Waals surface area contributed by atoms with Gasteiger partial charge in [0.15, 0.2) is 5.16 Å². The summed E-state index contributed by atoms with van der Waals surface area (Å²) >= 11 is 5.75. The van der Waals surface area contributed by atoms with Gasteiger partial charge in [0.1, 0.15) is 0 Å². The van der Waals surface area contributed by atoms with Gasteiger partial charge in [-0.1, -0.05) is 11.8 Å². The molecule has 1 atom stereocenters. The van der Waals surface area contributed by atoms with Crippen molar-refractivity contribution in [2.45, 2.75) is 17.0 Å². The van der Waals surface area contributed by atoms with Crippen molar-refractivity contribution < 1.29 is 9.90 Å². The van der Waals surface area contributed by atoms with Gasteiger partial charge < -0.3 is 5.11 Å². The Balaban J connectivity index is 2.23. The van der Waals surface area contributed by atoms with Crippen molar-refractivity contribution in [3.63, 3.8) is 0 Å². The average Bonchev–Trinajstić information content (AvgIpc) is 2.81. The van der Waals surface area contributed by atoms with Crippen molar-refractivity contribution in [2.24, 2.45) is 0 Å². The van der Waals surface area contributed by atoms with E-state index in [0.717, 1.165) is 0 Å². The van der Waals surface area contributed by atoms with Crippen LogP contribution in [0.15, 0.2) is 28.2 Å². The van der Waals surface area contributed by atoms with E-state index >= 15 is 0 Å². The Hall–Kier alpha value is -1.47. The molecule has 2 heterocycles. The third-order valence-electron chi connectivity index (χ3n) is 3.03. The van der Waals surface area contributed by atoms with Crippen LogP contribution in [0.5, 0.6) is 0 Å². The van der Waals surface area contributed by atoms with E-state index in [4.69, 9.17) is 5.11 Å². The van der Waals surface area contributed by atoms with Gasteiger partial charge >= 0.3 is 5.97 Å². The van der Waals surface area contributed by atoms with E-state index < -0.39 is 5.97 Å². The van der Waals surface area contributed by atoms with Gasteiger partial charge in [0, 0.05) is 17.5 Å². The minimum absolute atomic E-state index is 0.117. The van der Waals surface area contributed by atoms with Gasteiger partial charge in [-0.25, -0.2) is 9.78 Å². The fourth-order valence-electron chi connectivity index (χ4n) is 2.07. The van der Waals surface area contributed by atoms with Crippen LogP contribution < -0.4 is 5.56 Å². The molecule has 0 amide bonds. The SMILES string of the molecule is O=C(O)c1ccc2c(=O)n3c(nc2c1)S[C@H](CS)C3. The van der Waals surface area contributed by atoms with Gasteiger partial charge in [-0.2, -0.15) is 12.6 Å². The first-order chi connectivity index (χ1) is 9.10. The maximum atomic E-state index is 12.3. The summed E-state index contributed by atoms with van der Waals surface area (Å²) < 4.78 is 1.63. The van der Waals surface area contributed by atoms with Gasteiger partial charge in [0.2, 0.25) is 0 Å². The third-order valence-corrected chi connectivity index (χ3v) is 4.89. The van der Waals surface area contributed by atoms with Crippen LogP contribution in [0, 0.1) is 0 Å². The number of rotatable bonds is 2. The van der Waals surface area contributed by atoms with Crippen molar-refractivity contribution in [1.29, 1.82) is 0 Å². The first-order valence-corrected chi connectivity index (χ1v) is 7.17. The number of nitrogens with zero attached hydrogens (tertiary/aromatic N) is 2. The van der Waals surface area contributed by atoms with Crippen molar-refractivity contribution in [1.82, 2.24) is 9.55 Å². The van der Waals surface area contributed by atoms with E-state index in [1.54, 1.807) is 4.57 Å². The molecule has 5 nitrogen and oxygen atoms in total. The molecule has 98 valence electrons. The predicted molar refractivity (Wildman–Crippen MR) is 76.5 cm³/mol. The summed E-state index contributed by atoms with van der Waals surface area (Å²) in [6, 6.07) is 4.40. The molecule has 1 N–H and O–H groups in total. The van der Waals surface area contributed by atoms with Crippen molar-refractivity contribution in [3.8, 4) is 0 Å². The highest BCUT2D eigenvalue weighted by Crippen LogP contribution is 2.30. The Bertz CT molecular complexity index is 742. The normalized spacial score (nSPS) is 17.6. The van der Waals surface area contributed by atoms with Gasteiger partial charge in [0.25, 0.3) is 5.56 Å². The molecular formula is C12H10N2O3S2. The molecule has 1 aliphatic heterocycles. The molecule has 0 saturated carbocycles.